The first-order chi connectivity index (χ1) is 14.6. The number of aliphatic hydroxyl groups is 4. The fourth-order valence-electron chi connectivity index (χ4n) is 3.10. The molecule has 1 aromatic carbocycles. The number of thioether (sulfide) groups is 1. The van der Waals surface area contributed by atoms with Gasteiger partial charge in [0.25, 0.3) is 0 Å². The standard InChI is InChI=1S/C17H22N2O10S2/c1-27-11-4-2-3-10-9(11)5-8(18-10)6-13(19-29-31(24,25)26)30-17-16(23)15(22)14(21)12(7-20)28-17/h2-5,12,14-18,20-23H,6-7H2,1H3,(H,24,25,26)/b19-13+/t12-,14-,15+,16-,17+/m1/s1. The van der Waals surface area contributed by atoms with Crippen molar-refractivity contribution < 1.29 is 47.2 Å². The minimum atomic E-state index is -4.90. The van der Waals surface area contributed by atoms with E-state index in [1.165, 1.54) is 7.11 Å². The van der Waals surface area contributed by atoms with Crippen LogP contribution in [0.3, 0.4) is 0 Å². The minimum absolute atomic E-state index is 0.0347. The van der Waals surface area contributed by atoms with E-state index in [4.69, 9.17) is 14.0 Å². The molecule has 12 nitrogen and oxygen atoms in total. The number of fused-ring (bicyclic) bond motifs is 1. The van der Waals surface area contributed by atoms with Crippen LogP contribution in [0.15, 0.2) is 29.4 Å². The van der Waals surface area contributed by atoms with Crippen molar-refractivity contribution in [2.24, 2.45) is 5.16 Å². The number of hydrogen-bond donors (Lipinski definition) is 6. The van der Waals surface area contributed by atoms with Gasteiger partial charge in [-0.05, 0) is 18.2 Å². The number of oxime groups is 1. The van der Waals surface area contributed by atoms with Gasteiger partial charge in [0.1, 0.15) is 40.6 Å². The predicted octanol–water partition coefficient (Wildman–Crippen LogP) is -0.615. The van der Waals surface area contributed by atoms with Gasteiger partial charge in [-0.15, -0.1) is 0 Å². The lowest BCUT2D eigenvalue weighted by molar-refractivity contribution is -0.205. The number of benzene rings is 1. The molecule has 0 unspecified atom stereocenters. The predicted molar refractivity (Wildman–Crippen MR) is 110 cm³/mol. The molecular weight excluding hydrogens is 456 g/mol. The summed E-state index contributed by atoms with van der Waals surface area (Å²) < 4.78 is 45.6. The van der Waals surface area contributed by atoms with E-state index in [2.05, 4.69) is 14.4 Å². The van der Waals surface area contributed by atoms with Gasteiger partial charge in [0.2, 0.25) is 0 Å². The Labute approximate surface area is 181 Å². The Morgan fingerprint density at radius 1 is 1.26 bits per heavy atom. The molecule has 5 atom stereocenters. The molecule has 0 amide bonds. The van der Waals surface area contributed by atoms with E-state index in [0.29, 0.717) is 23.2 Å². The second-order valence-electron chi connectivity index (χ2n) is 6.70. The highest BCUT2D eigenvalue weighted by molar-refractivity contribution is 8.14. The lowest BCUT2D eigenvalue weighted by Gasteiger charge is -2.39. The van der Waals surface area contributed by atoms with E-state index in [-0.39, 0.29) is 11.5 Å². The number of rotatable bonds is 7. The molecule has 0 radical (unpaired) electrons. The van der Waals surface area contributed by atoms with Gasteiger partial charge in [-0.2, -0.15) is 8.42 Å². The lowest BCUT2D eigenvalue weighted by Crippen LogP contribution is -2.57. The molecule has 2 aromatic rings. The lowest BCUT2D eigenvalue weighted by atomic mass is 10.0. The molecule has 1 aliphatic rings. The first kappa shape index (κ1) is 23.7. The molecule has 31 heavy (non-hydrogen) atoms. The molecule has 1 fully saturated rings. The molecule has 1 aliphatic heterocycles. The van der Waals surface area contributed by atoms with Gasteiger partial charge in [0.05, 0.1) is 13.7 Å². The van der Waals surface area contributed by atoms with Crippen molar-refractivity contribution in [1.29, 1.82) is 0 Å². The van der Waals surface area contributed by atoms with Crippen LogP contribution < -0.4 is 4.74 Å². The summed E-state index contributed by atoms with van der Waals surface area (Å²) in [7, 11) is -3.38. The third-order valence-electron chi connectivity index (χ3n) is 4.58. The fourth-order valence-corrected chi connectivity index (χ4v) is 4.42. The highest BCUT2D eigenvalue weighted by Gasteiger charge is 2.44. The Hall–Kier alpha value is -1.91. The molecular formula is C17H22N2O10S2. The third kappa shape index (κ3) is 5.67. The summed E-state index contributed by atoms with van der Waals surface area (Å²) in [5.41, 5.74) is 0.0785. The maximum Gasteiger partial charge on any atom is 0.466 e. The zero-order chi connectivity index (χ0) is 22.8. The largest absolute Gasteiger partial charge is 0.496 e. The van der Waals surface area contributed by atoms with Gasteiger partial charge < -0.3 is 34.9 Å². The van der Waals surface area contributed by atoms with Gasteiger partial charge in [0, 0.05) is 23.0 Å². The van der Waals surface area contributed by atoms with Crippen molar-refractivity contribution in [1.82, 2.24) is 4.98 Å². The molecule has 14 heteroatoms. The Morgan fingerprint density at radius 3 is 2.65 bits per heavy atom. The van der Waals surface area contributed by atoms with Crippen LogP contribution in [-0.2, 0) is 25.8 Å². The quantitative estimate of drug-likeness (QED) is 0.129. The van der Waals surface area contributed by atoms with Gasteiger partial charge >= 0.3 is 10.4 Å². The van der Waals surface area contributed by atoms with Crippen LogP contribution in [0.4, 0.5) is 0 Å². The van der Waals surface area contributed by atoms with E-state index >= 15 is 0 Å². The van der Waals surface area contributed by atoms with E-state index < -0.39 is 46.9 Å². The highest BCUT2D eigenvalue weighted by atomic mass is 32.3. The summed E-state index contributed by atoms with van der Waals surface area (Å²) in [4.78, 5) is 3.11. The molecule has 0 aliphatic carbocycles. The number of nitrogens with one attached hydrogen (secondary N) is 1. The summed E-state index contributed by atoms with van der Waals surface area (Å²) in [5.74, 6) is 0.606. The summed E-state index contributed by atoms with van der Waals surface area (Å²) in [6.07, 6.45) is -5.94. The number of nitrogens with zero attached hydrogens (tertiary/aromatic N) is 1. The van der Waals surface area contributed by atoms with Gasteiger partial charge in [-0.3, -0.25) is 4.55 Å². The van der Waals surface area contributed by atoms with E-state index in [0.717, 1.165) is 10.9 Å². The number of H-pyrrole nitrogens is 1. The van der Waals surface area contributed by atoms with Crippen molar-refractivity contribution in [2.45, 2.75) is 36.3 Å². The minimum Gasteiger partial charge on any atom is -0.496 e. The molecule has 1 saturated heterocycles. The molecule has 2 heterocycles. The first-order valence-corrected chi connectivity index (χ1v) is 11.2. The molecule has 172 valence electrons. The third-order valence-corrected chi connectivity index (χ3v) is 5.95. The monoisotopic (exact) mass is 478 g/mol. The molecule has 0 bridgehead atoms. The molecule has 3 rings (SSSR count). The zero-order valence-electron chi connectivity index (χ0n) is 16.2. The molecule has 1 aromatic heterocycles. The van der Waals surface area contributed by atoms with Gasteiger partial charge in [-0.25, -0.2) is 4.28 Å². The summed E-state index contributed by atoms with van der Waals surface area (Å²) in [6.45, 7) is -0.627. The summed E-state index contributed by atoms with van der Waals surface area (Å²) in [5, 5.41) is 43.5. The van der Waals surface area contributed by atoms with Crippen LogP contribution in [0.5, 0.6) is 5.75 Å². The maximum absolute atomic E-state index is 11.0. The average molecular weight is 479 g/mol. The van der Waals surface area contributed by atoms with Crippen molar-refractivity contribution >= 4 is 38.1 Å². The maximum atomic E-state index is 11.0. The van der Waals surface area contributed by atoms with Crippen LogP contribution in [0.1, 0.15) is 5.69 Å². The van der Waals surface area contributed by atoms with Crippen molar-refractivity contribution in [3.63, 3.8) is 0 Å². The van der Waals surface area contributed by atoms with Crippen molar-refractivity contribution in [2.75, 3.05) is 13.7 Å². The van der Waals surface area contributed by atoms with Crippen LogP contribution in [0, 0.1) is 0 Å². The summed E-state index contributed by atoms with van der Waals surface area (Å²) >= 11 is 0.698. The smallest absolute Gasteiger partial charge is 0.466 e. The number of ether oxygens (including phenoxy) is 2. The number of aliphatic hydroxyl groups excluding tert-OH is 4. The van der Waals surface area contributed by atoms with Gasteiger partial charge in [-0.1, -0.05) is 23.0 Å². The highest BCUT2D eigenvalue weighted by Crippen LogP contribution is 2.31. The van der Waals surface area contributed by atoms with Crippen LogP contribution in [0.25, 0.3) is 10.9 Å². The molecule has 6 N–H and O–H groups in total. The fraction of sp³-hybridized carbons (Fsp3) is 0.471. The Balaban J connectivity index is 1.87. The number of aromatic amines is 1. The van der Waals surface area contributed by atoms with Crippen molar-refractivity contribution in [3.05, 3.63) is 30.0 Å². The van der Waals surface area contributed by atoms with Crippen molar-refractivity contribution in [3.8, 4) is 5.75 Å². The Morgan fingerprint density at radius 2 is 2.00 bits per heavy atom. The Bertz CT molecular complexity index is 1040. The average Bonchev–Trinajstić information content (AvgIpc) is 3.14. The normalized spacial score (nSPS) is 27.4. The SMILES string of the molecule is COc1cccc2[nH]c(C/C(=N\OS(=O)(=O)O)S[C@@H]3O[C@H](CO)[C@@H](O)[C@H](O)[C@H]3O)cc12. The zero-order valence-corrected chi connectivity index (χ0v) is 17.8. The van der Waals surface area contributed by atoms with Crippen LogP contribution in [0.2, 0.25) is 0 Å². The van der Waals surface area contributed by atoms with Crippen LogP contribution >= 0.6 is 11.8 Å². The first-order valence-electron chi connectivity index (χ1n) is 8.97. The summed E-state index contributed by atoms with van der Waals surface area (Å²) in [6, 6.07) is 7.09. The molecule has 0 spiro atoms. The number of aromatic nitrogens is 1. The second-order valence-corrected chi connectivity index (χ2v) is 8.87. The van der Waals surface area contributed by atoms with Crippen LogP contribution in [-0.4, -0.2) is 87.0 Å². The van der Waals surface area contributed by atoms with Gasteiger partial charge in [0.15, 0.2) is 0 Å². The number of hydrogen-bond acceptors (Lipinski definition) is 11. The molecule has 0 saturated carbocycles. The topological polar surface area (TPSA) is 191 Å². The Kier molecular flexibility index (Phi) is 7.43. The van der Waals surface area contributed by atoms with E-state index in [1.807, 2.05) is 0 Å². The van der Waals surface area contributed by atoms with E-state index in [9.17, 15) is 28.8 Å². The number of methoxy groups -OCH3 is 1. The second kappa shape index (κ2) is 9.70. The van der Waals surface area contributed by atoms with E-state index in [1.54, 1.807) is 24.3 Å².